The molecule has 9 heteroatoms. The third kappa shape index (κ3) is 4.62. The molecule has 154 valence electrons. The van der Waals surface area contributed by atoms with Crippen molar-refractivity contribution < 1.29 is 18.0 Å². The molecule has 1 unspecified atom stereocenters. The summed E-state index contributed by atoms with van der Waals surface area (Å²) in [5.41, 5.74) is -0.431. The summed E-state index contributed by atoms with van der Waals surface area (Å²) in [5, 5.41) is 2.98. The molecule has 3 rings (SSSR count). The first-order chi connectivity index (χ1) is 13.5. The summed E-state index contributed by atoms with van der Waals surface area (Å²) in [6, 6.07) is 9.17. The Bertz CT molecular complexity index is 974. The van der Waals surface area contributed by atoms with Gasteiger partial charge in [0.15, 0.2) is 0 Å². The van der Waals surface area contributed by atoms with Crippen LogP contribution in [0.25, 0.3) is 0 Å². The Balaban J connectivity index is 1.93. The molecular formula is C20H16BrCl2F3N2O. The molecule has 1 amide bonds. The summed E-state index contributed by atoms with van der Waals surface area (Å²) in [6.07, 6.45) is -4.85. The van der Waals surface area contributed by atoms with E-state index in [0.717, 1.165) is 5.56 Å². The van der Waals surface area contributed by atoms with Crippen molar-refractivity contribution in [2.24, 2.45) is 4.99 Å². The molecule has 0 radical (unpaired) electrons. The standard InChI is InChI=1S/C20H16BrCl2F3N2O/c1-11(29)27-9-13-3-2-12(4-17(13)21)18-8-19(10-28-18,20(24,25)26)14-5-15(22)7-16(23)6-14/h2-7H,8-10H2,1H3,(H,27,29). The number of hydrogen-bond acceptors (Lipinski definition) is 2. The van der Waals surface area contributed by atoms with Crippen molar-refractivity contribution in [3.8, 4) is 0 Å². The minimum absolute atomic E-state index is 0.00240. The van der Waals surface area contributed by atoms with Crippen LogP contribution in [0.1, 0.15) is 30.0 Å². The zero-order valence-electron chi connectivity index (χ0n) is 15.2. The smallest absolute Gasteiger partial charge is 0.352 e. The van der Waals surface area contributed by atoms with Crippen LogP contribution in [-0.2, 0) is 16.8 Å². The van der Waals surface area contributed by atoms with Crippen LogP contribution in [0.2, 0.25) is 10.0 Å². The molecule has 0 aliphatic carbocycles. The molecule has 2 aromatic rings. The van der Waals surface area contributed by atoms with E-state index in [1.54, 1.807) is 18.2 Å². The van der Waals surface area contributed by atoms with E-state index in [-0.39, 0.29) is 27.9 Å². The number of alkyl halides is 3. The Kier molecular flexibility index (Phi) is 6.32. The molecule has 0 saturated heterocycles. The van der Waals surface area contributed by atoms with Crippen LogP contribution in [0.3, 0.4) is 0 Å². The monoisotopic (exact) mass is 506 g/mol. The summed E-state index contributed by atoms with van der Waals surface area (Å²) in [4.78, 5) is 15.3. The fourth-order valence-corrected chi connectivity index (χ4v) is 4.33. The molecule has 0 aromatic heterocycles. The van der Waals surface area contributed by atoms with Crippen molar-refractivity contribution in [3.63, 3.8) is 0 Å². The van der Waals surface area contributed by atoms with Gasteiger partial charge in [-0.2, -0.15) is 13.2 Å². The Morgan fingerprint density at radius 2 is 1.86 bits per heavy atom. The Morgan fingerprint density at radius 1 is 1.21 bits per heavy atom. The van der Waals surface area contributed by atoms with E-state index >= 15 is 0 Å². The van der Waals surface area contributed by atoms with E-state index < -0.39 is 18.1 Å². The number of halogens is 6. The number of benzene rings is 2. The number of aliphatic imine (C=N–C) groups is 1. The average molecular weight is 508 g/mol. The normalized spacial score (nSPS) is 19.2. The molecule has 1 N–H and O–H groups in total. The number of amides is 1. The number of hydrogen-bond donors (Lipinski definition) is 1. The second-order valence-electron chi connectivity index (χ2n) is 6.89. The zero-order valence-corrected chi connectivity index (χ0v) is 18.3. The first-order valence-corrected chi connectivity index (χ1v) is 10.2. The molecule has 0 spiro atoms. The molecule has 1 atom stereocenters. The third-order valence-corrected chi connectivity index (χ3v) is 6.06. The average Bonchev–Trinajstić information content (AvgIpc) is 3.06. The van der Waals surface area contributed by atoms with Gasteiger partial charge >= 0.3 is 6.18 Å². The van der Waals surface area contributed by atoms with E-state index in [4.69, 9.17) is 23.2 Å². The lowest BCUT2D eigenvalue weighted by molar-refractivity contribution is -0.183. The summed E-state index contributed by atoms with van der Waals surface area (Å²) in [6.45, 7) is 1.29. The lowest BCUT2D eigenvalue weighted by Crippen LogP contribution is -2.43. The van der Waals surface area contributed by atoms with Gasteiger partial charge in [-0.25, -0.2) is 0 Å². The Labute approximate surface area is 184 Å². The first-order valence-electron chi connectivity index (χ1n) is 8.62. The van der Waals surface area contributed by atoms with Crippen LogP contribution in [-0.4, -0.2) is 24.3 Å². The van der Waals surface area contributed by atoms with E-state index in [9.17, 15) is 18.0 Å². The fraction of sp³-hybridized carbons (Fsp3) is 0.300. The quantitative estimate of drug-likeness (QED) is 0.535. The maximum absolute atomic E-state index is 14.2. The molecule has 1 aliphatic rings. The number of nitrogens with zero attached hydrogens (tertiary/aromatic N) is 1. The van der Waals surface area contributed by atoms with Gasteiger partial charge in [-0.1, -0.05) is 51.3 Å². The van der Waals surface area contributed by atoms with E-state index in [1.165, 1.54) is 25.1 Å². The van der Waals surface area contributed by atoms with E-state index in [1.807, 2.05) is 0 Å². The highest BCUT2D eigenvalue weighted by molar-refractivity contribution is 9.10. The van der Waals surface area contributed by atoms with Crippen LogP contribution in [0.4, 0.5) is 13.2 Å². The second kappa shape index (κ2) is 8.28. The number of carbonyl (C=O) groups is 1. The highest BCUT2D eigenvalue weighted by Crippen LogP contribution is 2.48. The Morgan fingerprint density at radius 3 is 2.41 bits per heavy atom. The van der Waals surface area contributed by atoms with Crippen molar-refractivity contribution in [2.75, 3.05) is 6.54 Å². The first kappa shape index (κ1) is 22.1. The second-order valence-corrected chi connectivity index (χ2v) is 8.62. The molecule has 0 fully saturated rings. The molecule has 2 aromatic carbocycles. The fourth-order valence-electron chi connectivity index (χ4n) is 3.29. The summed E-state index contributed by atoms with van der Waals surface area (Å²) in [7, 11) is 0. The van der Waals surface area contributed by atoms with Crippen molar-refractivity contribution in [2.45, 2.75) is 31.5 Å². The number of carbonyl (C=O) groups excluding carboxylic acids is 1. The lowest BCUT2D eigenvalue weighted by atomic mass is 9.76. The van der Waals surface area contributed by atoms with Gasteiger partial charge in [0.05, 0.1) is 6.54 Å². The minimum Gasteiger partial charge on any atom is -0.352 e. The van der Waals surface area contributed by atoms with Crippen molar-refractivity contribution >= 4 is 50.8 Å². The predicted molar refractivity (Wildman–Crippen MR) is 112 cm³/mol. The highest BCUT2D eigenvalue weighted by atomic mass is 79.9. The highest BCUT2D eigenvalue weighted by Gasteiger charge is 2.58. The van der Waals surface area contributed by atoms with Gasteiger partial charge in [0.1, 0.15) is 5.41 Å². The lowest BCUT2D eigenvalue weighted by Gasteiger charge is -2.31. The summed E-state index contributed by atoms with van der Waals surface area (Å²) < 4.78 is 43.2. The SMILES string of the molecule is CC(=O)NCc1ccc(C2=NCC(c3cc(Cl)cc(Cl)c3)(C(F)(F)F)C2)cc1Br. The van der Waals surface area contributed by atoms with Gasteiger partial charge in [-0.05, 0) is 41.0 Å². The van der Waals surface area contributed by atoms with E-state index in [0.29, 0.717) is 22.3 Å². The minimum atomic E-state index is -4.53. The van der Waals surface area contributed by atoms with E-state index in [2.05, 4.69) is 26.2 Å². The van der Waals surface area contributed by atoms with Crippen LogP contribution < -0.4 is 5.32 Å². The molecule has 0 saturated carbocycles. The van der Waals surface area contributed by atoms with Crippen LogP contribution in [0.5, 0.6) is 0 Å². The molecule has 1 heterocycles. The van der Waals surface area contributed by atoms with Crippen molar-refractivity contribution in [1.82, 2.24) is 5.32 Å². The third-order valence-electron chi connectivity index (χ3n) is 4.88. The van der Waals surface area contributed by atoms with Crippen molar-refractivity contribution in [1.29, 1.82) is 0 Å². The van der Waals surface area contributed by atoms with Crippen LogP contribution in [0.15, 0.2) is 45.9 Å². The molecule has 1 aliphatic heterocycles. The molecule has 0 bridgehead atoms. The molecule has 29 heavy (non-hydrogen) atoms. The molecular weight excluding hydrogens is 492 g/mol. The maximum atomic E-state index is 14.2. The summed E-state index contributed by atoms with van der Waals surface area (Å²) >= 11 is 15.3. The van der Waals surface area contributed by atoms with Gasteiger partial charge < -0.3 is 5.32 Å². The topological polar surface area (TPSA) is 41.5 Å². The van der Waals surface area contributed by atoms with Crippen LogP contribution in [0, 0.1) is 0 Å². The maximum Gasteiger partial charge on any atom is 0.400 e. The number of nitrogens with one attached hydrogen (secondary N) is 1. The van der Waals surface area contributed by atoms with Crippen molar-refractivity contribution in [3.05, 3.63) is 67.6 Å². The van der Waals surface area contributed by atoms with Gasteiger partial charge in [-0.15, -0.1) is 0 Å². The Hall–Kier alpha value is -1.57. The number of rotatable bonds is 4. The van der Waals surface area contributed by atoms with Gasteiger partial charge in [-0.3, -0.25) is 9.79 Å². The molecule has 3 nitrogen and oxygen atoms in total. The summed E-state index contributed by atoms with van der Waals surface area (Å²) in [5.74, 6) is -0.170. The zero-order chi connectivity index (χ0) is 21.4. The van der Waals surface area contributed by atoms with Gasteiger partial charge in [0.25, 0.3) is 0 Å². The predicted octanol–water partition coefficient (Wildman–Crippen LogP) is 6.09. The van der Waals surface area contributed by atoms with Gasteiger partial charge in [0, 0.05) is 40.1 Å². The van der Waals surface area contributed by atoms with Gasteiger partial charge in [0.2, 0.25) is 5.91 Å². The largest absolute Gasteiger partial charge is 0.400 e. The van der Waals surface area contributed by atoms with Crippen LogP contribution >= 0.6 is 39.1 Å².